The summed E-state index contributed by atoms with van der Waals surface area (Å²) in [7, 11) is 0. The second-order valence-electron chi connectivity index (χ2n) is 8.13. The standard InChI is InChI=1S/C20H25F3N6O2/c1-19(2,31)11-6-12(20(21,22)23)8-14(7-11)27-17-15(16(25)30)9-26-18(28-17)29-5-3-4-13(24)10-29/h6-9,13,31H,3-5,10,24H2,1-2H3,(H2,25,30)(H,26,27,28)/t13-/m0/s1. The van der Waals surface area contributed by atoms with Crippen molar-refractivity contribution in [2.75, 3.05) is 23.3 Å². The highest BCUT2D eigenvalue weighted by Gasteiger charge is 2.33. The minimum Gasteiger partial charge on any atom is -0.386 e. The summed E-state index contributed by atoms with van der Waals surface area (Å²) in [6.07, 6.45) is -1.69. The quantitative estimate of drug-likeness (QED) is 0.564. The number of nitrogens with zero attached hydrogens (tertiary/aromatic N) is 3. The minimum absolute atomic E-state index is 0.00514. The third-order valence-corrected chi connectivity index (χ3v) is 5.01. The van der Waals surface area contributed by atoms with E-state index in [9.17, 15) is 23.1 Å². The number of aliphatic hydroxyl groups is 1. The van der Waals surface area contributed by atoms with Crippen molar-refractivity contribution in [3.05, 3.63) is 41.1 Å². The fourth-order valence-corrected chi connectivity index (χ4v) is 3.35. The smallest absolute Gasteiger partial charge is 0.386 e. The molecule has 0 saturated carbocycles. The van der Waals surface area contributed by atoms with Gasteiger partial charge in [-0.1, -0.05) is 0 Å². The van der Waals surface area contributed by atoms with Gasteiger partial charge in [0.05, 0.1) is 11.2 Å². The molecule has 1 fully saturated rings. The Labute approximate surface area is 177 Å². The Morgan fingerprint density at radius 3 is 2.52 bits per heavy atom. The SMILES string of the molecule is CC(C)(O)c1cc(Nc2nc(N3CCC[C@H](N)C3)ncc2C(N)=O)cc(C(F)(F)F)c1. The lowest BCUT2D eigenvalue weighted by atomic mass is 9.95. The first-order valence-electron chi connectivity index (χ1n) is 9.74. The number of halogens is 3. The molecule has 0 bridgehead atoms. The average molecular weight is 438 g/mol. The van der Waals surface area contributed by atoms with E-state index in [0.717, 1.165) is 25.0 Å². The van der Waals surface area contributed by atoms with Crippen LogP contribution in [0, 0.1) is 0 Å². The summed E-state index contributed by atoms with van der Waals surface area (Å²) in [4.78, 5) is 22.2. The van der Waals surface area contributed by atoms with Gasteiger partial charge in [0.2, 0.25) is 5.95 Å². The lowest BCUT2D eigenvalue weighted by Crippen LogP contribution is -2.43. The van der Waals surface area contributed by atoms with Gasteiger partial charge >= 0.3 is 6.18 Å². The zero-order valence-electron chi connectivity index (χ0n) is 17.2. The van der Waals surface area contributed by atoms with Crippen LogP contribution in [0.2, 0.25) is 0 Å². The monoisotopic (exact) mass is 438 g/mol. The van der Waals surface area contributed by atoms with Crippen molar-refractivity contribution < 1.29 is 23.1 Å². The van der Waals surface area contributed by atoms with Crippen LogP contribution in [-0.2, 0) is 11.8 Å². The highest BCUT2D eigenvalue weighted by Crippen LogP contribution is 2.35. The van der Waals surface area contributed by atoms with E-state index in [4.69, 9.17) is 11.5 Å². The van der Waals surface area contributed by atoms with Crippen LogP contribution in [0.4, 0.5) is 30.6 Å². The average Bonchev–Trinajstić information content (AvgIpc) is 2.66. The van der Waals surface area contributed by atoms with Crippen molar-refractivity contribution >= 4 is 23.4 Å². The number of hydrogen-bond acceptors (Lipinski definition) is 7. The third-order valence-electron chi connectivity index (χ3n) is 5.01. The highest BCUT2D eigenvalue weighted by atomic mass is 19.4. The van der Waals surface area contributed by atoms with Crippen LogP contribution in [-0.4, -0.2) is 40.1 Å². The van der Waals surface area contributed by atoms with E-state index >= 15 is 0 Å². The van der Waals surface area contributed by atoms with E-state index < -0.39 is 23.2 Å². The Bertz CT molecular complexity index is 942. The Balaban J connectivity index is 2.04. The number of nitrogens with one attached hydrogen (secondary N) is 1. The first-order valence-corrected chi connectivity index (χ1v) is 9.74. The maximum atomic E-state index is 13.4. The zero-order chi connectivity index (χ0) is 23.0. The summed E-state index contributed by atoms with van der Waals surface area (Å²) in [6.45, 7) is 3.93. The fourth-order valence-electron chi connectivity index (χ4n) is 3.35. The maximum Gasteiger partial charge on any atom is 0.416 e. The number of piperidine rings is 1. The summed E-state index contributed by atoms with van der Waals surface area (Å²) in [5.41, 5.74) is 8.89. The molecule has 1 aromatic carbocycles. The first kappa shape index (κ1) is 22.8. The number of anilines is 3. The van der Waals surface area contributed by atoms with Gasteiger partial charge in [-0.3, -0.25) is 4.79 Å². The van der Waals surface area contributed by atoms with Gasteiger partial charge in [-0.25, -0.2) is 4.98 Å². The summed E-state index contributed by atoms with van der Waals surface area (Å²) in [5, 5.41) is 13.0. The summed E-state index contributed by atoms with van der Waals surface area (Å²) in [6, 6.07) is 3.06. The Kier molecular flexibility index (Phi) is 6.10. The number of nitrogens with two attached hydrogens (primary N) is 2. The van der Waals surface area contributed by atoms with Gasteiger partial charge in [-0.15, -0.1) is 0 Å². The van der Waals surface area contributed by atoms with Crippen LogP contribution in [0.15, 0.2) is 24.4 Å². The number of benzene rings is 1. The van der Waals surface area contributed by atoms with Crippen LogP contribution in [0.25, 0.3) is 0 Å². The number of carbonyl (C=O) groups excluding carboxylic acids is 1. The van der Waals surface area contributed by atoms with E-state index in [0.29, 0.717) is 13.1 Å². The number of aromatic nitrogens is 2. The van der Waals surface area contributed by atoms with E-state index in [1.54, 1.807) is 0 Å². The van der Waals surface area contributed by atoms with E-state index in [1.165, 1.54) is 26.1 Å². The largest absolute Gasteiger partial charge is 0.416 e. The van der Waals surface area contributed by atoms with Crippen molar-refractivity contribution in [3.63, 3.8) is 0 Å². The first-order chi connectivity index (χ1) is 14.3. The molecule has 1 atom stereocenters. The molecule has 6 N–H and O–H groups in total. The molecule has 1 aliphatic heterocycles. The predicted octanol–water partition coefficient (Wildman–Crippen LogP) is 2.49. The molecule has 8 nitrogen and oxygen atoms in total. The van der Waals surface area contributed by atoms with Gasteiger partial charge in [-0.05, 0) is 50.5 Å². The van der Waals surface area contributed by atoms with Gasteiger partial charge in [0.1, 0.15) is 11.4 Å². The molecule has 3 rings (SSSR count). The molecular weight excluding hydrogens is 413 g/mol. The van der Waals surface area contributed by atoms with Crippen LogP contribution in [0.1, 0.15) is 48.2 Å². The molecule has 1 saturated heterocycles. The molecule has 2 aromatic rings. The molecule has 168 valence electrons. The highest BCUT2D eigenvalue weighted by molar-refractivity contribution is 5.98. The molecule has 2 heterocycles. The van der Waals surface area contributed by atoms with Gasteiger partial charge in [0, 0.05) is 31.0 Å². The van der Waals surface area contributed by atoms with Gasteiger partial charge in [0.15, 0.2) is 0 Å². The minimum atomic E-state index is -4.63. The topological polar surface area (TPSA) is 130 Å². The Morgan fingerprint density at radius 1 is 1.26 bits per heavy atom. The number of alkyl halides is 3. The van der Waals surface area contributed by atoms with Crippen molar-refractivity contribution in [2.24, 2.45) is 11.5 Å². The van der Waals surface area contributed by atoms with Crippen molar-refractivity contribution in [1.82, 2.24) is 9.97 Å². The summed E-state index contributed by atoms with van der Waals surface area (Å²) in [5.74, 6) is -0.575. The second kappa shape index (κ2) is 8.31. The number of carbonyl (C=O) groups is 1. The fraction of sp³-hybridized carbons (Fsp3) is 0.450. The molecular formula is C20H25F3N6O2. The third kappa shape index (κ3) is 5.42. The van der Waals surface area contributed by atoms with Crippen LogP contribution < -0.4 is 21.7 Å². The molecule has 1 aliphatic rings. The molecule has 0 spiro atoms. The second-order valence-corrected chi connectivity index (χ2v) is 8.13. The van der Waals surface area contributed by atoms with E-state index in [1.807, 2.05) is 4.90 Å². The molecule has 0 aliphatic carbocycles. The van der Waals surface area contributed by atoms with E-state index in [2.05, 4.69) is 15.3 Å². The molecule has 0 radical (unpaired) electrons. The summed E-state index contributed by atoms with van der Waals surface area (Å²) >= 11 is 0. The zero-order valence-corrected chi connectivity index (χ0v) is 17.2. The summed E-state index contributed by atoms with van der Waals surface area (Å²) < 4.78 is 40.2. The molecule has 31 heavy (non-hydrogen) atoms. The predicted molar refractivity (Wildman–Crippen MR) is 110 cm³/mol. The lowest BCUT2D eigenvalue weighted by molar-refractivity contribution is -0.137. The Hall–Kier alpha value is -2.92. The number of amides is 1. The normalized spacial score (nSPS) is 17.5. The molecule has 0 unspecified atom stereocenters. The van der Waals surface area contributed by atoms with Crippen molar-refractivity contribution in [2.45, 2.75) is 44.5 Å². The van der Waals surface area contributed by atoms with E-state index in [-0.39, 0.29) is 34.6 Å². The number of primary amides is 1. The maximum absolute atomic E-state index is 13.4. The van der Waals surface area contributed by atoms with Crippen LogP contribution >= 0.6 is 0 Å². The molecule has 11 heteroatoms. The van der Waals surface area contributed by atoms with Crippen LogP contribution in [0.3, 0.4) is 0 Å². The number of rotatable bonds is 5. The Morgan fingerprint density at radius 2 is 1.94 bits per heavy atom. The van der Waals surface area contributed by atoms with Crippen molar-refractivity contribution in [1.29, 1.82) is 0 Å². The lowest BCUT2D eigenvalue weighted by Gasteiger charge is -2.31. The van der Waals surface area contributed by atoms with Gasteiger partial charge in [0.25, 0.3) is 5.91 Å². The number of hydrogen-bond donors (Lipinski definition) is 4. The molecule has 1 amide bonds. The van der Waals surface area contributed by atoms with Crippen LogP contribution in [0.5, 0.6) is 0 Å². The van der Waals surface area contributed by atoms with Gasteiger partial charge < -0.3 is 26.8 Å². The van der Waals surface area contributed by atoms with Gasteiger partial charge in [-0.2, -0.15) is 18.2 Å². The molecule has 1 aromatic heterocycles. The van der Waals surface area contributed by atoms with Crippen molar-refractivity contribution in [3.8, 4) is 0 Å².